The van der Waals surface area contributed by atoms with Crippen LogP contribution in [0.1, 0.15) is 51.4 Å². The van der Waals surface area contributed by atoms with Gasteiger partial charge in [-0.1, -0.05) is 0 Å². The van der Waals surface area contributed by atoms with Gasteiger partial charge in [0.05, 0.1) is 18.6 Å². The average Bonchev–Trinajstić information content (AvgIpc) is 2.47. The Kier molecular flexibility index (Phi) is 6.11. The maximum Gasteiger partial charge on any atom is 0.224 e. The lowest BCUT2D eigenvalue weighted by atomic mass is 10.0. The van der Waals surface area contributed by atoms with Crippen molar-refractivity contribution in [1.29, 1.82) is 0 Å². The van der Waals surface area contributed by atoms with Gasteiger partial charge in [0, 0.05) is 26.8 Å². The molecule has 1 amide bonds. The summed E-state index contributed by atoms with van der Waals surface area (Å²) in [6.07, 6.45) is 8.97. The predicted octanol–water partition coefficient (Wildman–Crippen LogP) is 2.36. The van der Waals surface area contributed by atoms with E-state index in [0.29, 0.717) is 12.5 Å². The van der Waals surface area contributed by atoms with Crippen molar-refractivity contribution >= 4 is 5.91 Å². The van der Waals surface area contributed by atoms with Crippen LogP contribution in [-0.4, -0.2) is 49.8 Å². The minimum absolute atomic E-state index is 0.148. The molecule has 0 aliphatic carbocycles. The summed E-state index contributed by atoms with van der Waals surface area (Å²) in [4.78, 5) is 13.9. The van der Waals surface area contributed by atoms with Gasteiger partial charge in [-0.2, -0.15) is 0 Å². The second-order valence-corrected chi connectivity index (χ2v) is 5.79. The van der Waals surface area contributed by atoms with Crippen LogP contribution in [0.4, 0.5) is 0 Å². The molecule has 0 N–H and O–H groups in total. The van der Waals surface area contributed by atoms with Crippen LogP contribution >= 0.6 is 0 Å². The molecule has 0 saturated carbocycles. The van der Waals surface area contributed by atoms with Crippen LogP contribution in [0.15, 0.2) is 0 Å². The second-order valence-electron chi connectivity index (χ2n) is 5.79. The maximum absolute atomic E-state index is 12.1. The Labute approximate surface area is 116 Å². The zero-order valence-corrected chi connectivity index (χ0v) is 12.1. The fourth-order valence-electron chi connectivity index (χ4n) is 2.82. The zero-order valence-electron chi connectivity index (χ0n) is 12.1. The van der Waals surface area contributed by atoms with Crippen LogP contribution in [0.2, 0.25) is 0 Å². The summed E-state index contributed by atoms with van der Waals surface area (Å²) in [6, 6.07) is 0. The van der Waals surface area contributed by atoms with Gasteiger partial charge in [0.2, 0.25) is 5.91 Å². The molecule has 0 aromatic carbocycles. The average molecular weight is 269 g/mol. The van der Waals surface area contributed by atoms with Gasteiger partial charge in [-0.25, -0.2) is 0 Å². The molecule has 2 heterocycles. The van der Waals surface area contributed by atoms with E-state index in [1.165, 1.54) is 19.3 Å². The third kappa shape index (κ3) is 5.11. The molecule has 4 nitrogen and oxygen atoms in total. The van der Waals surface area contributed by atoms with Crippen LogP contribution in [0.3, 0.4) is 0 Å². The number of nitrogens with zero attached hydrogens (tertiary/aromatic N) is 1. The molecular formula is C15H27NO3. The molecule has 2 aliphatic rings. The Morgan fingerprint density at radius 1 is 1.05 bits per heavy atom. The van der Waals surface area contributed by atoms with Crippen LogP contribution in [0, 0.1) is 0 Å². The highest BCUT2D eigenvalue weighted by atomic mass is 16.5. The Bertz CT molecular complexity index is 271. The second kappa shape index (κ2) is 7.85. The SMILES string of the molecule is CN(CCC1CCCCO1)C(=O)CC1CCCCO1. The monoisotopic (exact) mass is 269 g/mol. The van der Waals surface area contributed by atoms with Gasteiger partial charge in [0.1, 0.15) is 0 Å². The number of hydrogen-bond acceptors (Lipinski definition) is 3. The highest BCUT2D eigenvalue weighted by molar-refractivity contribution is 5.76. The molecule has 19 heavy (non-hydrogen) atoms. The Morgan fingerprint density at radius 2 is 1.68 bits per heavy atom. The Hall–Kier alpha value is -0.610. The van der Waals surface area contributed by atoms with E-state index in [4.69, 9.17) is 9.47 Å². The van der Waals surface area contributed by atoms with Gasteiger partial charge in [-0.15, -0.1) is 0 Å². The first-order valence-corrected chi connectivity index (χ1v) is 7.73. The van der Waals surface area contributed by atoms with Crippen molar-refractivity contribution in [2.45, 2.75) is 63.6 Å². The number of carbonyl (C=O) groups excluding carboxylic acids is 1. The van der Waals surface area contributed by atoms with Crippen LogP contribution in [0.25, 0.3) is 0 Å². The first kappa shape index (κ1) is 14.8. The minimum Gasteiger partial charge on any atom is -0.378 e. The van der Waals surface area contributed by atoms with E-state index in [1.807, 2.05) is 11.9 Å². The molecule has 2 rings (SSSR count). The van der Waals surface area contributed by atoms with Gasteiger partial charge in [0.15, 0.2) is 0 Å². The number of ether oxygens (including phenoxy) is 2. The number of rotatable bonds is 5. The summed E-state index contributed by atoms with van der Waals surface area (Å²) in [6.45, 7) is 2.51. The van der Waals surface area contributed by atoms with E-state index in [1.54, 1.807) is 0 Å². The lowest BCUT2D eigenvalue weighted by molar-refractivity contribution is -0.134. The third-order valence-electron chi connectivity index (χ3n) is 4.16. The highest BCUT2D eigenvalue weighted by Crippen LogP contribution is 2.18. The highest BCUT2D eigenvalue weighted by Gasteiger charge is 2.21. The molecule has 0 spiro atoms. The van der Waals surface area contributed by atoms with E-state index < -0.39 is 0 Å². The van der Waals surface area contributed by atoms with E-state index in [-0.39, 0.29) is 12.0 Å². The molecule has 2 aliphatic heterocycles. The van der Waals surface area contributed by atoms with Gasteiger partial charge < -0.3 is 14.4 Å². The summed E-state index contributed by atoms with van der Waals surface area (Å²) in [5.74, 6) is 0.211. The molecule has 2 unspecified atom stereocenters. The summed E-state index contributed by atoms with van der Waals surface area (Å²) in [5.41, 5.74) is 0. The van der Waals surface area contributed by atoms with Crippen molar-refractivity contribution in [3.8, 4) is 0 Å². The fourth-order valence-corrected chi connectivity index (χ4v) is 2.82. The summed E-state index contributed by atoms with van der Waals surface area (Å²) >= 11 is 0. The van der Waals surface area contributed by atoms with Crippen molar-refractivity contribution in [2.24, 2.45) is 0 Å². The lowest BCUT2D eigenvalue weighted by Gasteiger charge is -2.27. The van der Waals surface area contributed by atoms with E-state index in [2.05, 4.69) is 0 Å². The normalized spacial score (nSPS) is 28.1. The molecule has 2 saturated heterocycles. The molecule has 110 valence electrons. The van der Waals surface area contributed by atoms with Crippen molar-refractivity contribution in [3.63, 3.8) is 0 Å². The zero-order chi connectivity index (χ0) is 13.5. The molecule has 2 fully saturated rings. The molecule has 0 aromatic heterocycles. The fraction of sp³-hybridized carbons (Fsp3) is 0.933. The summed E-state index contributed by atoms with van der Waals surface area (Å²) in [7, 11) is 1.90. The first-order valence-electron chi connectivity index (χ1n) is 7.73. The largest absolute Gasteiger partial charge is 0.378 e. The van der Waals surface area contributed by atoms with Crippen LogP contribution < -0.4 is 0 Å². The van der Waals surface area contributed by atoms with Gasteiger partial charge in [0.25, 0.3) is 0 Å². The van der Waals surface area contributed by atoms with Gasteiger partial charge in [-0.05, 0) is 44.9 Å². The van der Waals surface area contributed by atoms with Crippen LogP contribution in [0.5, 0.6) is 0 Å². The van der Waals surface area contributed by atoms with E-state index in [0.717, 1.165) is 45.4 Å². The summed E-state index contributed by atoms with van der Waals surface area (Å²) in [5, 5.41) is 0. The number of amides is 1. The Morgan fingerprint density at radius 3 is 2.26 bits per heavy atom. The topological polar surface area (TPSA) is 38.8 Å². The maximum atomic E-state index is 12.1. The molecule has 0 aromatic rings. The van der Waals surface area contributed by atoms with E-state index >= 15 is 0 Å². The van der Waals surface area contributed by atoms with Crippen molar-refractivity contribution in [3.05, 3.63) is 0 Å². The van der Waals surface area contributed by atoms with Gasteiger partial charge >= 0.3 is 0 Å². The van der Waals surface area contributed by atoms with Gasteiger partial charge in [-0.3, -0.25) is 4.79 Å². The molecular weight excluding hydrogens is 242 g/mol. The number of hydrogen-bond donors (Lipinski definition) is 0. The standard InChI is InChI=1S/C15H27NO3/c1-16(9-8-13-6-2-4-10-18-13)15(17)12-14-7-3-5-11-19-14/h13-14H,2-12H2,1H3. The molecule has 0 radical (unpaired) electrons. The van der Waals surface area contributed by atoms with Crippen molar-refractivity contribution in [1.82, 2.24) is 4.90 Å². The molecule has 0 bridgehead atoms. The molecule has 4 heteroatoms. The smallest absolute Gasteiger partial charge is 0.224 e. The van der Waals surface area contributed by atoms with Crippen LogP contribution in [-0.2, 0) is 14.3 Å². The Balaban J connectivity index is 1.63. The number of carbonyl (C=O) groups is 1. The third-order valence-corrected chi connectivity index (χ3v) is 4.16. The summed E-state index contributed by atoms with van der Waals surface area (Å²) < 4.78 is 11.3. The predicted molar refractivity (Wildman–Crippen MR) is 74.1 cm³/mol. The molecule has 2 atom stereocenters. The quantitative estimate of drug-likeness (QED) is 0.769. The lowest BCUT2D eigenvalue weighted by Crippen LogP contribution is -2.34. The minimum atomic E-state index is 0.148. The van der Waals surface area contributed by atoms with Crippen molar-refractivity contribution < 1.29 is 14.3 Å². The van der Waals surface area contributed by atoms with Crippen molar-refractivity contribution in [2.75, 3.05) is 26.8 Å². The van der Waals surface area contributed by atoms with E-state index in [9.17, 15) is 4.79 Å². The first-order chi connectivity index (χ1) is 9.25.